The minimum atomic E-state index is -4.44. The van der Waals surface area contributed by atoms with Crippen molar-refractivity contribution in [3.63, 3.8) is 0 Å². The Bertz CT molecular complexity index is 913. The maximum atomic E-state index is 13.8. The van der Waals surface area contributed by atoms with E-state index in [-0.39, 0.29) is 23.0 Å². The Labute approximate surface area is 175 Å². The number of rotatable bonds is 6. The van der Waals surface area contributed by atoms with E-state index >= 15 is 0 Å². The van der Waals surface area contributed by atoms with Crippen LogP contribution in [0.3, 0.4) is 0 Å². The van der Waals surface area contributed by atoms with Gasteiger partial charge >= 0.3 is 6.18 Å². The highest BCUT2D eigenvalue weighted by molar-refractivity contribution is 6.74. The van der Waals surface area contributed by atoms with Gasteiger partial charge in [-0.2, -0.15) is 18.4 Å². The number of benzene rings is 2. The van der Waals surface area contributed by atoms with Crippen molar-refractivity contribution < 1.29 is 26.7 Å². The molecule has 0 spiro atoms. The van der Waals surface area contributed by atoms with Gasteiger partial charge in [-0.15, -0.1) is 0 Å². The van der Waals surface area contributed by atoms with E-state index in [9.17, 15) is 22.8 Å². The van der Waals surface area contributed by atoms with E-state index in [0.29, 0.717) is 5.56 Å². The fourth-order valence-corrected chi connectivity index (χ4v) is 3.79. The van der Waals surface area contributed by atoms with Gasteiger partial charge in [-0.05, 0) is 48.0 Å². The van der Waals surface area contributed by atoms with Gasteiger partial charge in [0.15, 0.2) is 8.32 Å². The zero-order chi connectivity index (χ0) is 22.7. The molecule has 0 aliphatic carbocycles. The quantitative estimate of drug-likeness (QED) is 0.365. The van der Waals surface area contributed by atoms with Crippen LogP contribution in [-0.2, 0) is 10.6 Å². The molecule has 30 heavy (non-hydrogen) atoms. The predicted molar refractivity (Wildman–Crippen MR) is 109 cm³/mol. The smallest absolute Gasteiger partial charge is 0.416 e. The molecular formula is C22H25F4NO2Si. The van der Waals surface area contributed by atoms with Crippen LogP contribution in [0.4, 0.5) is 17.6 Å². The molecule has 2 aromatic carbocycles. The number of ether oxygens (including phenoxy) is 1. The first-order chi connectivity index (χ1) is 13.8. The molecule has 0 saturated carbocycles. The minimum absolute atomic E-state index is 0.0632. The van der Waals surface area contributed by atoms with E-state index in [2.05, 4.69) is 0 Å². The molecule has 1 atom stereocenters. The van der Waals surface area contributed by atoms with Crippen molar-refractivity contribution in [1.82, 2.24) is 0 Å². The Morgan fingerprint density at radius 3 is 2.13 bits per heavy atom. The second-order valence-electron chi connectivity index (χ2n) is 8.52. The average Bonchev–Trinajstić information content (AvgIpc) is 2.63. The number of nitrogens with zero attached hydrogens (tertiary/aromatic N) is 1. The molecular weight excluding hydrogens is 414 g/mol. The molecule has 0 aromatic heterocycles. The lowest BCUT2D eigenvalue weighted by Gasteiger charge is -2.39. The van der Waals surface area contributed by atoms with E-state index < -0.39 is 32.0 Å². The summed E-state index contributed by atoms with van der Waals surface area (Å²) in [5.74, 6) is -0.639. The predicted octanol–water partition coefficient (Wildman–Crippen LogP) is 6.86. The summed E-state index contributed by atoms with van der Waals surface area (Å²) in [6, 6.07) is 10.5. The summed E-state index contributed by atoms with van der Waals surface area (Å²) < 4.78 is 64.7. The van der Waals surface area contributed by atoms with Gasteiger partial charge < -0.3 is 9.16 Å². The molecule has 0 aliphatic heterocycles. The lowest BCUT2D eigenvalue weighted by atomic mass is 10.1. The van der Waals surface area contributed by atoms with Gasteiger partial charge in [0.2, 0.25) is 0 Å². The van der Waals surface area contributed by atoms with Gasteiger partial charge in [0.1, 0.15) is 35.9 Å². The van der Waals surface area contributed by atoms with Crippen LogP contribution in [0.1, 0.15) is 43.6 Å². The molecule has 0 fully saturated rings. The molecule has 0 heterocycles. The van der Waals surface area contributed by atoms with Gasteiger partial charge in [0.05, 0.1) is 5.56 Å². The van der Waals surface area contributed by atoms with Gasteiger partial charge in [0.25, 0.3) is 0 Å². The standard InChI is InChI=1S/C22H25F4NO2Si/c1-21(2,3)30(4,5)29-20(15-9-11-16(12-10-15)22(24,25)26)14-28-19-8-6-7-18(23)17(19)13-27/h6-12,20H,14H2,1-5H3. The third-order valence-electron chi connectivity index (χ3n) is 5.33. The highest BCUT2D eigenvalue weighted by Crippen LogP contribution is 2.40. The molecule has 3 nitrogen and oxygen atoms in total. The van der Waals surface area contributed by atoms with Crippen LogP contribution in [0.15, 0.2) is 42.5 Å². The molecule has 2 aromatic rings. The molecule has 0 saturated heterocycles. The zero-order valence-electron chi connectivity index (χ0n) is 17.6. The highest BCUT2D eigenvalue weighted by atomic mass is 28.4. The van der Waals surface area contributed by atoms with Gasteiger partial charge in [-0.3, -0.25) is 0 Å². The minimum Gasteiger partial charge on any atom is -0.489 e. The number of halogens is 4. The van der Waals surface area contributed by atoms with E-state index in [1.54, 1.807) is 6.07 Å². The summed E-state index contributed by atoms with van der Waals surface area (Å²) in [5.41, 5.74) is -0.464. The Kier molecular flexibility index (Phi) is 7.00. The molecule has 8 heteroatoms. The summed E-state index contributed by atoms with van der Waals surface area (Å²) in [4.78, 5) is 0. The summed E-state index contributed by atoms with van der Waals surface area (Å²) in [7, 11) is -2.31. The van der Waals surface area contributed by atoms with E-state index in [1.807, 2.05) is 33.9 Å². The Balaban J connectivity index is 2.35. The van der Waals surface area contributed by atoms with E-state index in [4.69, 9.17) is 9.16 Å². The van der Waals surface area contributed by atoms with Gasteiger partial charge in [-0.25, -0.2) is 4.39 Å². The lowest BCUT2D eigenvalue weighted by molar-refractivity contribution is -0.137. The van der Waals surface area contributed by atoms with Crippen molar-refractivity contribution >= 4 is 8.32 Å². The van der Waals surface area contributed by atoms with Crippen LogP contribution in [0.5, 0.6) is 5.75 Å². The molecule has 0 aliphatic rings. The fraction of sp³-hybridized carbons (Fsp3) is 0.409. The van der Waals surface area contributed by atoms with Crippen molar-refractivity contribution in [2.24, 2.45) is 0 Å². The Morgan fingerprint density at radius 1 is 1.03 bits per heavy atom. The first-order valence-corrected chi connectivity index (χ1v) is 12.3. The molecule has 0 N–H and O–H groups in total. The maximum Gasteiger partial charge on any atom is 0.416 e. The number of hydrogen-bond donors (Lipinski definition) is 0. The second-order valence-corrected chi connectivity index (χ2v) is 13.3. The molecule has 0 amide bonds. The molecule has 1 unspecified atom stereocenters. The summed E-state index contributed by atoms with van der Waals surface area (Å²) in [6.45, 7) is 10.1. The Hall–Kier alpha value is -2.37. The normalized spacial score (nSPS) is 13.6. The third-order valence-corrected chi connectivity index (χ3v) is 9.82. The van der Waals surface area contributed by atoms with Crippen molar-refractivity contribution in [3.8, 4) is 11.8 Å². The van der Waals surface area contributed by atoms with Crippen molar-refractivity contribution in [3.05, 3.63) is 65.0 Å². The van der Waals surface area contributed by atoms with Crippen LogP contribution < -0.4 is 4.74 Å². The van der Waals surface area contributed by atoms with Crippen LogP contribution in [0.2, 0.25) is 18.1 Å². The zero-order valence-corrected chi connectivity index (χ0v) is 18.6. The highest BCUT2D eigenvalue weighted by Gasteiger charge is 2.40. The van der Waals surface area contributed by atoms with E-state index in [0.717, 1.165) is 18.2 Å². The van der Waals surface area contributed by atoms with Crippen LogP contribution in [0.25, 0.3) is 0 Å². The Morgan fingerprint density at radius 2 is 1.63 bits per heavy atom. The van der Waals surface area contributed by atoms with Crippen molar-refractivity contribution in [1.29, 1.82) is 5.26 Å². The summed E-state index contributed by atoms with van der Waals surface area (Å²) in [6.07, 6.45) is -5.11. The van der Waals surface area contributed by atoms with E-state index in [1.165, 1.54) is 24.3 Å². The largest absolute Gasteiger partial charge is 0.489 e. The average molecular weight is 440 g/mol. The van der Waals surface area contributed by atoms with Crippen molar-refractivity contribution in [2.75, 3.05) is 6.61 Å². The van der Waals surface area contributed by atoms with Crippen molar-refractivity contribution in [2.45, 2.75) is 51.2 Å². The molecule has 0 bridgehead atoms. The topological polar surface area (TPSA) is 42.2 Å². The summed E-state index contributed by atoms with van der Waals surface area (Å²) >= 11 is 0. The van der Waals surface area contributed by atoms with Gasteiger partial charge in [-0.1, -0.05) is 39.0 Å². The van der Waals surface area contributed by atoms with Crippen LogP contribution >= 0.6 is 0 Å². The molecule has 0 radical (unpaired) electrons. The monoisotopic (exact) mass is 439 g/mol. The number of nitriles is 1. The van der Waals surface area contributed by atoms with Crippen LogP contribution in [-0.4, -0.2) is 14.9 Å². The first-order valence-electron chi connectivity index (χ1n) is 9.42. The first kappa shape index (κ1) is 23.9. The number of hydrogen-bond acceptors (Lipinski definition) is 3. The summed E-state index contributed by atoms with van der Waals surface area (Å²) in [5, 5.41) is 9.04. The molecule has 2 rings (SSSR count). The molecule has 162 valence electrons. The lowest BCUT2D eigenvalue weighted by Crippen LogP contribution is -2.42. The third kappa shape index (κ3) is 5.61. The van der Waals surface area contributed by atoms with Gasteiger partial charge in [0, 0.05) is 0 Å². The second kappa shape index (κ2) is 8.78. The SMILES string of the molecule is CC(C)(C)[Si](C)(C)OC(COc1cccc(F)c1C#N)c1ccc(C(F)(F)F)cc1. The fourth-order valence-electron chi connectivity index (χ4n) is 2.52. The van der Waals surface area contributed by atoms with Crippen LogP contribution in [0, 0.1) is 17.1 Å². The maximum absolute atomic E-state index is 13.8. The number of alkyl halides is 3.